The maximum absolute atomic E-state index is 14.1. The van der Waals surface area contributed by atoms with E-state index in [4.69, 9.17) is 5.84 Å². The maximum Gasteiger partial charge on any atom is 0.128 e. The zero-order valence-electron chi connectivity index (χ0n) is 10.1. The number of aryl methyl sites for hydroxylation is 2. The summed E-state index contributed by atoms with van der Waals surface area (Å²) in [5, 5.41) is 1.97. The van der Waals surface area contributed by atoms with Crippen LogP contribution in [0.1, 0.15) is 28.3 Å². The molecule has 0 bridgehead atoms. The SMILES string of the molecule is Cc1cc(C)c(C(NN)c2csc(Br)c2)c(F)c1. The van der Waals surface area contributed by atoms with E-state index in [9.17, 15) is 4.39 Å². The minimum atomic E-state index is -0.326. The molecule has 0 radical (unpaired) electrons. The van der Waals surface area contributed by atoms with Gasteiger partial charge in [0.2, 0.25) is 0 Å². The number of thiophene rings is 1. The van der Waals surface area contributed by atoms with E-state index in [0.29, 0.717) is 5.56 Å². The Morgan fingerprint density at radius 2 is 2.06 bits per heavy atom. The van der Waals surface area contributed by atoms with E-state index in [-0.39, 0.29) is 11.9 Å². The lowest BCUT2D eigenvalue weighted by molar-refractivity contribution is 0.557. The van der Waals surface area contributed by atoms with Crippen molar-refractivity contribution in [1.82, 2.24) is 5.43 Å². The molecule has 2 rings (SSSR count). The molecule has 1 heterocycles. The van der Waals surface area contributed by atoms with Crippen molar-refractivity contribution in [1.29, 1.82) is 0 Å². The summed E-state index contributed by atoms with van der Waals surface area (Å²) in [7, 11) is 0. The van der Waals surface area contributed by atoms with E-state index in [2.05, 4.69) is 21.4 Å². The van der Waals surface area contributed by atoms with Crippen LogP contribution in [-0.2, 0) is 0 Å². The fraction of sp³-hybridized carbons (Fsp3) is 0.231. The molecule has 3 N–H and O–H groups in total. The van der Waals surface area contributed by atoms with Gasteiger partial charge in [-0.15, -0.1) is 11.3 Å². The maximum atomic E-state index is 14.1. The van der Waals surface area contributed by atoms with Crippen molar-refractivity contribution in [3.8, 4) is 0 Å². The summed E-state index contributed by atoms with van der Waals surface area (Å²) in [6.45, 7) is 3.78. The van der Waals surface area contributed by atoms with Crippen LogP contribution in [0, 0.1) is 19.7 Å². The second-order valence-corrected chi connectivity index (χ2v) is 6.55. The predicted molar refractivity (Wildman–Crippen MR) is 77.1 cm³/mol. The lowest BCUT2D eigenvalue weighted by atomic mass is 9.95. The number of nitrogens with one attached hydrogen (secondary N) is 1. The molecule has 0 aliphatic heterocycles. The van der Waals surface area contributed by atoms with E-state index in [1.54, 1.807) is 11.3 Å². The van der Waals surface area contributed by atoms with Crippen LogP contribution in [0.3, 0.4) is 0 Å². The Morgan fingerprint density at radius 3 is 2.56 bits per heavy atom. The number of nitrogens with two attached hydrogens (primary N) is 1. The number of hydrazine groups is 1. The minimum absolute atomic E-state index is 0.224. The van der Waals surface area contributed by atoms with Crippen LogP contribution in [0.25, 0.3) is 0 Å². The highest BCUT2D eigenvalue weighted by Gasteiger charge is 2.20. The fourth-order valence-electron chi connectivity index (χ4n) is 2.11. The molecule has 0 saturated carbocycles. The van der Waals surface area contributed by atoms with Gasteiger partial charge >= 0.3 is 0 Å². The van der Waals surface area contributed by atoms with Crippen LogP contribution in [0.2, 0.25) is 0 Å². The number of hydrogen-bond acceptors (Lipinski definition) is 3. The molecular formula is C13H14BrFN2S. The van der Waals surface area contributed by atoms with E-state index in [1.807, 2.05) is 31.4 Å². The second kappa shape index (κ2) is 5.48. The van der Waals surface area contributed by atoms with Gasteiger partial charge in [0.1, 0.15) is 5.82 Å². The van der Waals surface area contributed by atoms with Gasteiger partial charge in [0.25, 0.3) is 0 Å². The fourth-order valence-corrected chi connectivity index (χ4v) is 3.32. The number of rotatable bonds is 3. The highest BCUT2D eigenvalue weighted by molar-refractivity contribution is 9.11. The monoisotopic (exact) mass is 328 g/mol. The summed E-state index contributed by atoms with van der Waals surface area (Å²) in [5.41, 5.74) is 6.07. The quantitative estimate of drug-likeness (QED) is 0.664. The molecule has 0 spiro atoms. The molecular weight excluding hydrogens is 315 g/mol. The van der Waals surface area contributed by atoms with Gasteiger partial charge in [-0.1, -0.05) is 6.07 Å². The summed E-state index contributed by atoms with van der Waals surface area (Å²) in [5.74, 6) is 5.37. The van der Waals surface area contributed by atoms with Gasteiger partial charge < -0.3 is 0 Å². The van der Waals surface area contributed by atoms with Crippen LogP contribution < -0.4 is 11.3 Å². The molecule has 1 aromatic carbocycles. The Morgan fingerprint density at radius 1 is 1.33 bits per heavy atom. The molecule has 1 atom stereocenters. The Bertz CT molecular complexity index is 545. The van der Waals surface area contributed by atoms with E-state index < -0.39 is 0 Å². The molecule has 0 aliphatic carbocycles. The second-order valence-electron chi connectivity index (χ2n) is 4.26. The molecule has 0 fully saturated rings. The Balaban J connectivity index is 2.51. The normalized spacial score (nSPS) is 12.7. The van der Waals surface area contributed by atoms with Gasteiger partial charge in [0.05, 0.1) is 9.83 Å². The van der Waals surface area contributed by atoms with Crippen molar-refractivity contribution in [3.05, 3.63) is 55.4 Å². The minimum Gasteiger partial charge on any atom is -0.271 e. The smallest absolute Gasteiger partial charge is 0.128 e. The summed E-state index contributed by atoms with van der Waals surface area (Å²) < 4.78 is 15.1. The average Bonchev–Trinajstić information content (AvgIpc) is 2.69. The van der Waals surface area contributed by atoms with Crippen molar-refractivity contribution in [2.45, 2.75) is 19.9 Å². The van der Waals surface area contributed by atoms with Crippen LogP contribution >= 0.6 is 27.3 Å². The first-order valence-electron chi connectivity index (χ1n) is 5.49. The largest absolute Gasteiger partial charge is 0.271 e. The summed E-state index contributed by atoms with van der Waals surface area (Å²) in [4.78, 5) is 0. The predicted octanol–water partition coefficient (Wildman–Crippen LogP) is 3.82. The first kappa shape index (κ1) is 13.7. The molecule has 0 amide bonds. The first-order valence-corrected chi connectivity index (χ1v) is 7.17. The third-order valence-corrected chi connectivity index (χ3v) is 4.38. The van der Waals surface area contributed by atoms with Crippen LogP contribution in [0.15, 0.2) is 27.4 Å². The van der Waals surface area contributed by atoms with Gasteiger partial charge in [0.15, 0.2) is 0 Å². The van der Waals surface area contributed by atoms with Crippen molar-refractivity contribution in [3.63, 3.8) is 0 Å². The standard InChI is InChI=1S/C13H14BrFN2S/c1-7-3-8(2)12(10(15)4-7)13(17-16)9-5-11(14)18-6-9/h3-6,13,17H,16H2,1-2H3. The van der Waals surface area contributed by atoms with E-state index >= 15 is 0 Å². The summed E-state index contributed by atoms with van der Waals surface area (Å²) in [6.07, 6.45) is 0. The van der Waals surface area contributed by atoms with Gasteiger partial charge in [-0.2, -0.15) is 0 Å². The lowest BCUT2D eigenvalue weighted by Gasteiger charge is -2.19. The Labute approximate surface area is 118 Å². The van der Waals surface area contributed by atoms with E-state index in [1.165, 1.54) is 6.07 Å². The summed E-state index contributed by atoms with van der Waals surface area (Å²) >= 11 is 4.96. The van der Waals surface area contributed by atoms with Crippen molar-refractivity contribution >= 4 is 27.3 Å². The van der Waals surface area contributed by atoms with Gasteiger partial charge in [-0.05, 0) is 64.0 Å². The molecule has 5 heteroatoms. The Hall–Kier alpha value is -0.750. The number of halogens is 2. The Kier molecular flexibility index (Phi) is 4.17. The van der Waals surface area contributed by atoms with Crippen molar-refractivity contribution in [2.24, 2.45) is 5.84 Å². The molecule has 18 heavy (non-hydrogen) atoms. The van der Waals surface area contributed by atoms with Gasteiger partial charge in [-0.3, -0.25) is 5.84 Å². The topological polar surface area (TPSA) is 38.0 Å². The third kappa shape index (κ3) is 2.64. The average molecular weight is 329 g/mol. The molecule has 96 valence electrons. The molecule has 1 unspecified atom stereocenters. The highest BCUT2D eigenvalue weighted by atomic mass is 79.9. The molecule has 0 aliphatic rings. The van der Waals surface area contributed by atoms with Gasteiger partial charge in [-0.25, -0.2) is 9.82 Å². The molecule has 1 aromatic heterocycles. The van der Waals surface area contributed by atoms with Crippen molar-refractivity contribution in [2.75, 3.05) is 0 Å². The third-order valence-electron chi connectivity index (χ3n) is 2.86. The van der Waals surface area contributed by atoms with Crippen LogP contribution in [0.5, 0.6) is 0 Å². The molecule has 2 nitrogen and oxygen atoms in total. The molecule has 2 aromatic rings. The molecule has 0 saturated heterocycles. The first-order chi connectivity index (χ1) is 8.52. The van der Waals surface area contributed by atoms with Crippen molar-refractivity contribution < 1.29 is 4.39 Å². The summed E-state index contributed by atoms with van der Waals surface area (Å²) in [6, 6.07) is 5.12. The number of hydrogen-bond donors (Lipinski definition) is 2. The van der Waals surface area contributed by atoms with E-state index in [0.717, 1.165) is 20.5 Å². The van der Waals surface area contributed by atoms with Gasteiger partial charge in [0, 0.05) is 5.56 Å². The van der Waals surface area contributed by atoms with Crippen LogP contribution in [0.4, 0.5) is 4.39 Å². The van der Waals surface area contributed by atoms with Crippen LogP contribution in [-0.4, -0.2) is 0 Å². The zero-order valence-corrected chi connectivity index (χ0v) is 12.5. The lowest BCUT2D eigenvalue weighted by Crippen LogP contribution is -2.29. The zero-order chi connectivity index (χ0) is 13.3. The number of benzene rings is 1. The highest BCUT2D eigenvalue weighted by Crippen LogP contribution is 2.32.